The van der Waals surface area contributed by atoms with Gasteiger partial charge in [-0.2, -0.15) is 0 Å². The lowest BCUT2D eigenvalue weighted by Crippen LogP contribution is -2.51. The highest BCUT2D eigenvalue weighted by atomic mass is 16.5. The third kappa shape index (κ3) is 2.09. The van der Waals surface area contributed by atoms with E-state index in [-0.39, 0.29) is 18.2 Å². The van der Waals surface area contributed by atoms with E-state index in [0.717, 1.165) is 18.4 Å². The number of aliphatic hydroxyl groups is 1. The van der Waals surface area contributed by atoms with E-state index in [4.69, 9.17) is 4.74 Å². The van der Waals surface area contributed by atoms with E-state index in [1.807, 2.05) is 6.92 Å². The van der Waals surface area contributed by atoms with Crippen molar-refractivity contribution in [2.75, 3.05) is 0 Å². The lowest BCUT2D eigenvalue weighted by Gasteiger charge is -2.49. The molecule has 2 aliphatic carbocycles. The number of allylic oxidation sites excluding steroid dienone is 1. The quantitative estimate of drug-likeness (QED) is 0.722. The van der Waals surface area contributed by atoms with E-state index >= 15 is 0 Å². The van der Waals surface area contributed by atoms with Crippen molar-refractivity contribution in [3.8, 4) is 0 Å². The molecule has 0 heterocycles. The highest BCUT2D eigenvalue weighted by Crippen LogP contribution is 2.51. The van der Waals surface area contributed by atoms with Crippen molar-refractivity contribution >= 4 is 11.8 Å². The molecular weight excluding hydrogens is 232 g/mol. The van der Waals surface area contributed by atoms with Gasteiger partial charge in [0, 0.05) is 18.8 Å². The summed E-state index contributed by atoms with van der Waals surface area (Å²) in [6.07, 6.45) is 3.67. The minimum absolute atomic E-state index is 0.0732. The van der Waals surface area contributed by atoms with Crippen LogP contribution in [0.15, 0.2) is 11.6 Å². The highest BCUT2D eigenvalue weighted by Gasteiger charge is 2.51. The van der Waals surface area contributed by atoms with Crippen molar-refractivity contribution in [2.45, 2.75) is 58.2 Å². The van der Waals surface area contributed by atoms with Gasteiger partial charge in [0.25, 0.3) is 0 Å². The van der Waals surface area contributed by atoms with Crippen LogP contribution in [0.4, 0.5) is 0 Å². The maximum absolute atomic E-state index is 11.8. The summed E-state index contributed by atoms with van der Waals surface area (Å²) in [5.41, 5.74) is -0.660. The van der Waals surface area contributed by atoms with Crippen LogP contribution in [0.25, 0.3) is 0 Å². The van der Waals surface area contributed by atoms with Gasteiger partial charge in [-0.15, -0.1) is 0 Å². The van der Waals surface area contributed by atoms with Crippen molar-refractivity contribution in [1.29, 1.82) is 0 Å². The van der Waals surface area contributed by atoms with E-state index < -0.39 is 17.1 Å². The van der Waals surface area contributed by atoms with Gasteiger partial charge in [-0.05, 0) is 37.8 Å². The summed E-state index contributed by atoms with van der Waals surface area (Å²) in [5, 5.41) is 10.4. The Bertz CT molecular complexity index is 422. The molecule has 0 aromatic carbocycles. The monoisotopic (exact) mass is 252 g/mol. The Morgan fingerprint density at radius 2 is 2.11 bits per heavy atom. The van der Waals surface area contributed by atoms with Gasteiger partial charge in [-0.1, -0.05) is 6.92 Å². The zero-order valence-corrected chi connectivity index (χ0v) is 11.2. The summed E-state index contributed by atoms with van der Waals surface area (Å²) >= 11 is 0. The molecule has 0 bridgehead atoms. The minimum atomic E-state index is -0.971. The Morgan fingerprint density at radius 1 is 1.44 bits per heavy atom. The summed E-state index contributed by atoms with van der Waals surface area (Å²) in [5.74, 6) is -0.448. The number of carbonyl (C=O) groups is 2. The van der Waals surface area contributed by atoms with Crippen molar-refractivity contribution in [3.63, 3.8) is 0 Å². The second-order valence-corrected chi connectivity index (χ2v) is 5.87. The van der Waals surface area contributed by atoms with Gasteiger partial charge >= 0.3 is 5.97 Å². The third-order valence-electron chi connectivity index (χ3n) is 4.27. The molecule has 0 radical (unpaired) electrons. The largest absolute Gasteiger partial charge is 0.461 e. The molecule has 3 atom stereocenters. The number of hydrogen-bond acceptors (Lipinski definition) is 4. The van der Waals surface area contributed by atoms with Crippen LogP contribution in [0.1, 0.15) is 46.5 Å². The Kier molecular flexibility index (Phi) is 3.09. The van der Waals surface area contributed by atoms with Crippen LogP contribution in [-0.4, -0.2) is 28.6 Å². The van der Waals surface area contributed by atoms with Gasteiger partial charge in [-0.3, -0.25) is 9.59 Å². The number of rotatable bonds is 1. The SMILES string of the molecule is CC(=O)O[C@H]1CC(=O)C=C2[C@@](C)(O)CCC[C@@]21C. The fourth-order valence-corrected chi connectivity index (χ4v) is 3.34. The Labute approximate surface area is 107 Å². The van der Waals surface area contributed by atoms with Crippen molar-refractivity contribution < 1.29 is 19.4 Å². The maximum Gasteiger partial charge on any atom is 0.302 e. The summed E-state index contributed by atoms with van der Waals surface area (Å²) in [7, 11) is 0. The number of ether oxygens (including phenoxy) is 1. The molecule has 0 amide bonds. The number of fused-ring (bicyclic) bond motifs is 1. The van der Waals surface area contributed by atoms with E-state index in [1.54, 1.807) is 13.0 Å². The van der Waals surface area contributed by atoms with Crippen LogP contribution in [0, 0.1) is 5.41 Å². The van der Waals surface area contributed by atoms with E-state index in [0.29, 0.717) is 6.42 Å². The first kappa shape index (κ1) is 13.3. The topological polar surface area (TPSA) is 63.6 Å². The van der Waals surface area contributed by atoms with E-state index in [1.165, 1.54) is 6.92 Å². The lowest BCUT2D eigenvalue weighted by molar-refractivity contribution is -0.156. The second-order valence-electron chi connectivity index (χ2n) is 5.87. The number of esters is 1. The molecule has 4 nitrogen and oxygen atoms in total. The molecule has 4 heteroatoms. The summed E-state index contributed by atoms with van der Waals surface area (Å²) in [6.45, 7) is 5.07. The lowest BCUT2D eigenvalue weighted by atomic mass is 9.59. The van der Waals surface area contributed by atoms with Crippen LogP contribution in [-0.2, 0) is 14.3 Å². The van der Waals surface area contributed by atoms with E-state index in [2.05, 4.69) is 0 Å². The summed E-state index contributed by atoms with van der Waals surface area (Å²) < 4.78 is 5.32. The average molecular weight is 252 g/mol. The zero-order chi connectivity index (χ0) is 13.6. The number of hydrogen-bond donors (Lipinski definition) is 1. The van der Waals surface area contributed by atoms with Gasteiger partial charge in [0.2, 0.25) is 0 Å². The van der Waals surface area contributed by atoms with Gasteiger partial charge < -0.3 is 9.84 Å². The molecule has 18 heavy (non-hydrogen) atoms. The molecule has 2 aliphatic rings. The predicted octanol–water partition coefficient (Wildman–Crippen LogP) is 1.76. The van der Waals surface area contributed by atoms with Crippen LogP contribution in [0.2, 0.25) is 0 Å². The van der Waals surface area contributed by atoms with Crippen molar-refractivity contribution in [2.24, 2.45) is 5.41 Å². The molecule has 0 spiro atoms. The van der Waals surface area contributed by atoms with Crippen molar-refractivity contribution in [1.82, 2.24) is 0 Å². The predicted molar refractivity (Wildman–Crippen MR) is 65.8 cm³/mol. The fourth-order valence-electron chi connectivity index (χ4n) is 3.34. The molecule has 2 rings (SSSR count). The summed E-state index contributed by atoms with van der Waals surface area (Å²) in [6, 6.07) is 0. The van der Waals surface area contributed by atoms with E-state index in [9.17, 15) is 14.7 Å². The first-order valence-electron chi connectivity index (χ1n) is 6.41. The zero-order valence-electron chi connectivity index (χ0n) is 11.2. The fraction of sp³-hybridized carbons (Fsp3) is 0.714. The first-order chi connectivity index (χ1) is 8.25. The average Bonchev–Trinajstić information content (AvgIpc) is 2.20. The molecular formula is C14H20O4. The van der Waals surface area contributed by atoms with Crippen LogP contribution in [0.3, 0.4) is 0 Å². The van der Waals surface area contributed by atoms with Gasteiger partial charge in [0.15, 0.2) is 5.78 Å². The standard InChI is InChI=1S/C14H20O4/c1-9(15)18-12-8-10(16)7-11-13(12,2)5-4-6-14(11,3)17/h7,12,17H,4-6,8H2,1-3H3/t12-,13-,14-/m0/s1. The molecule has 0 unspecified atom stereocenters. The van der Waals surface area contributed by atoms with Crippen LogP contribution < -0.4 is 0 Å². The van der Waals surface area contributed by atoms with Gasteiger partial charge in [-0.25, -0.2) is 0 Å². The third-order valence-corrected chi connectivity index (χ3v) is 4.27. The van der Waals surface area contributed by atoms with Crippen LogP contribution in [0.5, 0.6) is 0 Å². The number of carbonyl (C=O) groups excluding carboxylic acids is 2. The normalized spacial score (nSPS) is 39.9. The molecule has 0 saturated heterocycles. The minimum Gasteiger partial charge on any atom is -0.461 e. The van der Waals surface area contributed by atoms with Gasteiger partial charge in [0.05, 0.1) is 5.60 Å². The Morgan fingerprint density at radius 3 is 2.72 bits per heavy atom. The highest BCUT2D eigenvalue weighted by molar-refractivity contribution is 5.93. The second kappa shape index (κ2) is 4.19. The Hall–Kier alpha value is -1.16. The summed E-state index contributed by atoms with van der Waals surface area (Å²) in [4.78, 5) is 22.9. The van der Waals surface area contributed by atoms with Gasteiger partial charge in [0.1, 0.15) is 6.10 Å². The molecule has 1 fully saturated rings. The molecule has 1 saturated carbocycles. The molecule has 0 aromatic heterocycles. The smallest absolute Gasteiger partial charge is 0.302 e. The maximum atomic E-state index is 11.8. The van der Waals surface area contributed by atoms with Crippen molar-refractivity contribution in [3.05, 3.63) is 11.6 Å². The molecule has 0 aliphatic heterocycles. The molecule has 0 aromatic rings. The molecule has 1 N–H and O–H groups in total. The number of ketones is 1. The molecule has 100 valence electrons. The Balaban J connectivity index is 2.42. The first-order valence-corrected chi connectivity index (χ1v) is 6.41. The van der Waals surface area contributed by atoms with Crippen LogP contribution >= 0.6 is 0 Å².